The van der Waals surface area contributed by atoms with Gasteiger partial charge in [-0.2, -0.15) is 5.10 Å². The minimum Gasteiger partial charge on any atom is -0.303 e. The third-order valence-electron chi connectivity index (χ3n) is 4.35. The zero-order valence-electron chi connectivity index (χ0n) is 12.1. The van der Waals surface area contributed by atoms with Gasteiger partial charge in [-0.05, 0) is 49.5 Å². The van der Waals surface area contributed by atoms with Crippen LogP contribution >= 0.6 is 12.2 Å². The van der Waals surface area contributed by atoms with Crippen molar-refractivity contribution in [2.45, 2.75) is 26.2 Å². The molecule has 0 saturated heterocycles. The van der Waals surface area contributed by atoms with Gasteiger partial charge in [0.05, 0.1) is 5.52 Å². The largest absolute Gasteiger partial charge is 0.303 e. The fourth-order valence-corrected chi connectivity index (χ4v) is 3.39. The van der Waals surface area contributed by atoms with E-state index in [2.05, 4.69) is 35.3 Å². The standard InChI is InChI=1S/C16H16N4S/c1-9-5-3-7-11-13(15-18-19-16(21)20(15)2)10-6-4-8-12(10)17-14(9)11/h3,5,7H,4,6,8H2,1-2H3,(H,19,21). The molecule has 0 spiro atoms. The highest BCUT2D eigenvalue weighted by Gasteiger charge is 2.23. The molecule has 2 heterocycles. The van der Waals surface area contributed by atoms with E-state index in [9.17, 15) is 0 Å². The Morgan fingerprint density at radius 1 is 1.29 bits per heavy atom. The van der Waals surface area contributed by atoms with Crippen molar-refractivity contribution in [3.8, 4) is 11.4 Å². The Hall–Kier alpha value is -2.01. The number of nitrogens with zero attached hydrogens (tertiary/aromatic N) is 3. The van der Waals surface area contributed by atoms with Crippen LogP contribution < -0.4 is 0 Å². The Morgan fingerprint density at radius 2 is 2.14 bits per heavy atom. The number of fused-ring (bicyclic) bond motifs is 2. The van der Waals surface area contributed by atoms with Crippen molar-refractivity contribution >= 4 is 23.1 Å². The van der Waals surface area contributed by atoms with Gasteiger partial charge in [0.15, 0.2) is 10.6 Å². The topological polar surface area (TPSA) is 46.5 Å². The molecule has 0 atom stereocenters. The maximum absolute atomic E-state index is 5.28. The van der Waals surface area contributed by atoms with E-state index in [0.29, 0.717) is 4.77 Å². The molecule has 0 aliphatic heterocycles. The lowest BCUT2D eigenvalue weighted by molar-refractivity contribution is 0.893. The molecule has 3 aromatic rings. The molecule has 0 saturated carbocycles. The highest BCUT2D eigenvalue weighted by molar-refractivity contribution is 7.71. The first kappa shape index (κ1) is 12.7. The van der Waals surface area contributed by atoms with Crippen LogP contribution in [0, 0.1) is 11.7 Å². The lowest BCUT2D eigenvalue weighted by Gasteiger charge is -2.13. The summed E-state index contributed by atoms with van der Waals surface area (Å²) in [6.45, 7) is 2.11. The molecule has 1 N–H and O–H groups in total. The molecular formula is C16H16N4S. The number of nitrogens with one attached hydrogen (secondary N) is 1. The maximum atomic E-state index is 5.28. The second-order valence-electron chi connectivity index (χ2n) is 5.65. The maximum Gasteiger partial charge on any atom is 0.195 e. The zero-order chi connectivity index (χ0) is 14.6. The number of para-hydroxylation sites is 1. The second-order valence-corrected chi connectivity index (χ2v) is 6.03. The van der Waals surface area contributed by atoms with Crippen LogP contribution in [-0.4, -0.2) is 19.7 Å². The van der Waals surface area contributed by atoms with Crippen molar-refractivity contribution in [1.29, 1.82) is 0 Å². The third kappa shape index (κ3) is 1.77. The van der Waals surface area contributed by atoms with Crippen LogP contribution in [0.3, 0.4) is 0 Å². The summed E-state index contributed by atoms with van der Waals surface area (Å²) in [5, 5.41) is 8.54. The van der Waals surface area contributed by atoms with E-state index in [1.807, 2.05) is 11.6 Å². The van der Waals surface area contributed by atoms with Gasteiger partial charge in [-0.25, -0.2) is 0 Å². The first-order valence-electron chi connectivity index (χ1n) is 7.19. The number of aromatic amines is 1. The quantitative estimate of drug-likeness (QED) is 0.699. The lowest BCUT2D eigenvalue weighted by Crippen LogP contribution is -2.01. The normalized spacial score (nSPS) is 13.8. The Bertz CT molecular complexity index is 920. The van der Waals surface area contributed by atoms with Crippen LogP contribution in [0.5, 0.6) is 0 Å². The van der Waals surface area contributed by atoms with E-state index in [1.165, 1.54) is 34.2 Å². The van der Waals surface area contributed by atoms with Gasteiger partial charge < -0.3 is 4.57 Å². The van der Waals surface area contributed by atoms with E-state index in [1.54, 1.807) is 0 Å². The van der Waals surface area contributed by atoms with Gasteiger partial charge in [-0.15, -0.1) is 0 Å². The van der Waals surface area contributed by atoms with Crippen molar-refractivity contribution in [1.82, 2.24) is 19.7 Å². The summed E-state index contributed by atoms with van der Waals surface area (Å²) in [7, 11) is 1.96. The smallest absolute Gasteiger partial charge is 0.195 e. The highest BCUT2D eigenvalue weighted by Crippen LogP contribution is 2.36. The summed E-state index contributed by atoms with van der Waals surface area (Å²) in [6, 6.07) is 6.34. The molecule has 106 valence electrons. The second kappa shape index (κ2) is 4.49. The Morgan fingerprint density at radius 3 is 2.90 bits per heavy atom. The molecule has 0 unspecified atom stereocenters. The molecule has 2 aromatic heterocycles. The number of pyridine rings is 1. The number of benzene rings is 1. The van der Waals surface area contributed by atoms with Crippen LogP contribution in [0.4, 0.5) is 0 Å². The Labute approximate surface area is 127 Å². The molecule has 4 nitrogen and oxygen atoms in total. The molecule has 1 aliphatic carbocycles. The monoisotopic (exact) mass is 296 g/mol. The summed E-state index contributed by atoms with van der Waals surface area (Å²) >= 11 is 5.28. The molecule has 21 heavy (non-hydrogen) atoms. The van der Waals surface area contributed by atoms with Crippen LogP contribution in [0.1, 0.15) is 23.2 Å². The number of H-pyrrole nitrogens is 1. The molecule has 0 fully saturated rings. The summed E-state index contributed by atoms with van der Waals surface area (Å²) in [5.74, 6) is 0.913. The number of hydrogen-bond acceptors (Lipinski definition) is 3. The van der Waals surface area contributed by atoms with Crippen LogP contribution in [0.15, 0.2) is 18.2 Å². The first-order chi connectivity index (χ1) is 10.2. The van der Waals surface area contributed by atoms with Gasteiger partial charge >= 0.3 is 0 Å². The SMILES string of the molecule is Cc1cccc2c(-c3n[nH]c(=S)n3C)c3c(nc12)CCC3. The third-order valence-corrected chi connectivity index (χ3v) is 4.71. The van der Waals surface area contributed by atoms with Gasteiger partial charge in [0.1, 0.15) is 0 Å². The predicted molar refractivity (Wildman–Crippen MR) is 85.9 cm³/mol. The molecule has 4 rings (SSSR count). The molecular weight excluding hydrogens is 280 g/mol. The highest BCUT2D eigenvalue weighted by atomic mass is 32.1. The number of hydrogen-bond donors (Lipinski definition) is 1. The van der Waals surface area contributed by atoms with Crippen molar-refractivity contribution in [2.75, 3.05) is 0 Å². The molecule has 0 bridgehead atoms. The van der Waals surface area contributed by atoms with Crippen molar-refractivity contribution in [2.24, 2.45) is 7.05 Å². The average molecular weight is 296 g/mol. The average Bonchev–Trinajstić information content (AvgIpc) is 3.06. The van der Waals surface area contributed by atoms with Crippen LogP contribution in [-0.2, 0) is 19.9 Å². The molecule has 0 radical (unpaired) electrons. The van der Waals surface area contributed by atoms with E-state index >= 15 is 0 Å². The van der Waals surface area contributed by atoms with Gasteiger partial charge in [-0.3, -0.25) is 10.1 Å². The van der Waals surface area contributed by atoms with E-state index in [-0.39, 0.29) is 0 Å². The zero-order valence-corrected chi connectivity index (χ0v) is 12.9. The fourth-order valence-electron chi connectivity index (χ4n) is 3.25. The number of aryl methyl sites for hydroxylation is 2. The van der Waals surface area contributed by atoms with Crippen LogP contribution in [0.2, 0.25) is 0 Å². The van der Waals surface area contributed by atoms with E-state index < -0.39 is 0 Å². The summed E-state index contributed by atoms with van der Waals surface area (Å²) in [4.78, 5) is 4.90. The minimum absolute atomic E-state index is 0.648. The van der Waals surface area contributed by atoms with Crippen LogP contribution in [0.25, 0.3) is 22.3 Å². The van der Waals surface area contributed by atoms with Gasteiger partial charge in [0.25, 0.3) is 0 Å². The fraction of sp³-hybridized carbons (Fsp3) is 0.312. The van der Waals surface area contributed by atoms with Crippen molar-refractivity contribution in [3.05, 3.63) is 39.8 Å². The summed E-state index contributed by atoms with van der Waals surface area (Å²) in [5.41, 5.74) is 6.05. The molecule has 1 aromatic carbocycles. The number of aromatic nitrogens is 4. The van der Waals surface area contributed by atoms with Gasteiger partial charge in [0, 0.05) is 23.7 Å². The molecule has 1 aliphatic rings. The van der Waals surface area contributed by atoms with E-state index in [4.69, 9.17) is 17.2 Å². The Kier molecular flexibility index (Phi) is 2.72. The minimum atomic E-state index is 0.648. The summed E-state index contributed by atoms with van der Waals surface area (Å²) < 4.78 is 2.60. The van der Waals surface area contributed by atoms with Gasteiger partial charge in [-0.1, -0.05) is 18.2 Å². The molecule has 0 amide bonds. The van der Waals surface area contributed by atoms with Crippen molar-refractivity contribution < 1.29 is 0 Å². The van der Waals surface area contributed by atoms with Crippen molar-refractivity contribution in [3.63, 3.8) is 0 Å². The number of rotatable bonds is 1. The summed E-state index contributed by atoms with van der Waals surface area (Å²) in [6.07, 6.45) is 3.29. The Balaban J connectivity index is 2.19. The lowest BCUT2D eigenvalue weighted by atomic mass is 9.99. The molecule has 5 heteroatoms. The van der Waals surface area contributed by atoms with Gasteiger partial charge in [0.2, 0.25) is 0 Å². The van der Waals surface area contributed by atoms with E-state index in [0.717, 1.165) is 24.2 Å². The predicted octanol–water partition coefficient (Wildman–Crippen LogP) is 3.49. The first-order valence-corrected chi connectivity index (χ1v) is 7.60.